The lowest BCUT2D eigenvalue weighted by molar-refractivity contribution is -0.198. The largest absolute Gasteiger partial charge is 0.383 e. The number of amides is 4. The molecule has 0 aromatic carbocycles. The van der Waals surface area contributed by atoms with E-state index < -0.39 is 23.9 Å². The van der Waals surface area contributed by atoms with E-state index in [1.54, 1.807) is 0 Å². The number of carbonyl (C=O) groups excluding carboxylic acids is 5. The zero-order valence-corrected chi connectivity index (χ0v) is 10.5. The van der Waals surface area contributed by atoms with E-state index >= 15 is 0 Å². The monoisotopic (exact) mass is 284 g/mol. The van der Waals surface area contributed by atoms with Crippen LogP contribution < -0.4 is 5.32 Å². The van der Waals surface area contributed by atoms with Crippen molar-refractivity contribution in [2.24, 2.45) is 0 Å². The molecule has 1 saturated heterocycles. The van der Waals surface area contributed by atoms with Crippen molar-refractivity contribution in [3.8, 4) is 0 Å². The fourth-order valence-electron chi connectivity index (χ4n) is 1.21. The Hall–Kier alpha value is -2.55. The molecule has 9 heteroatoms. The number of aliphatic hydroxyl groups excluding tert-OH is 1. The summed E-state index contributed by atoms with van der Waals surface area (Å²) in [7, 11) is 0. The van der Waals surface area contributed by atoms with Gasteiger partial charge in [0.25, 0.3) is 23.6 Å². The molecular weight excluding hydrogens is 272 g/mol. The Bertz CT molecular complexity index is 481. The van der Waals surface area contributed by atoms with E-state index in [1.807, 2.05) is 5.32 Å². The molecule has 0 spiro atoms. The average Bonchev–Trinajstić information content (AvgIpc) is 2.88. The first kappa shape index (κ1) is 15.5. The Morgan fingerprint density at radius 3 is 2.20 bits per heavy atom. The van der Waals surface area contributed by atoms with Gasteiger partial charge in [-0.2, -0.15) is 0 Å². The van der Waals surface area contributed by atoms with Crippen molar-refractivity contribution in [3.63, 3.8) is 0 Å². The van der Waals surface area contributed by atoms with Crippen LogP contribution in [0.5, 0.6) is 0 Å². The number of imide groups is 2. The van der Waals surface area contributed by atoms with E-state index in [4.69, 9.17) is 5.11 Å². The molecule has 2 rings (SSSR count). The van der Waals surface area contributed by atoms with Gasteiger partial charge < -0.3 is 9.94 Å². The van der Waals surface area contributed by atoms with Crippen molar-refractivity contribution >= 4 is 29.6 Å². The standard InChI is InChI=1S/C7H9NO5.C4H3NO2/c1-2-6(11)13-8-5(10)3-4(9)7(8)12;6-3-1-2-4(7)5-3/h4,9H,2-3H2,1H3;1-2H,(H,5,6,7). The fourth-order valence-corrected chi connectivity index (χ4v) is 1.21. The van der Waals surface area contributed by atoms with Gasteiger partial charge in [-0.1, -0.05) is 12.0 Å². The third kappa shape index (κ3) is 3.99. The van der Waals surface area contributed by atoms with E-state index in [0.29, 0.717) is 5.06 Å². The van der Waals surface area contributed by atoms with Crippen molar-refractivity contribution < 1.29 is 33.9 Å². The summed E-state index contributed by atoms with van der Waals surface area (Å²) in [6.45, 7) is 1.53. The SMILES string of the molecule is CCC(=O)ON1C(=O)CC(O)C1=O.O=C1C=CC(=O)N1. The highest BCUT2D eigenvalue weighted by molar-refractivity contribution is 6.12. The molecule has 0 radical (unpaired) electrons. The number of hydroxylamine groups is 2. The molecule has 0 aromatic heterocycles. The zero-order valence-electron chi connectivity index (χ0n) is 10.5. The van der Waals surface area contributed by atoms with Gasteiger partial charge in [0.15, 0.2) is 0 Å². The van der Waals surface area contributed by atoms with E-state index in [-0.39, 0.29) is 24.7 Å². The first-order valence-corrected chi connectivity index (χ1v) is 5.63. The molecule has 0 aromatic rings. The molecule has 0 bridgehead atoms. The van der Waals surface area contributed by atoms with Crippen LogP contribution in [0.2, 0.25) is 0 Å². The van der Waals surface area contributed by atoms with Gasteiger partial charge in [-0.3, -0.25) is 24.5 Å². The molecule has 0 saturated carbocycles. The van der Waals surface area contributed by atoms with Crippen LogP contribution in [-0.4, -0.2) is 45.9 Å². The molecule has 9 nitrogen and oxygen atoms in total. The normalized spacial score (nSPS) is 20.7. The van der Waals surface area contributed by atoms with Gasteiger partial charge in [0, 0.05) is 18.6 Å². The molecule has 108 valence electrons. The number of rotatable bonds is 2. The van der Waals surface area contributed by atoms with Crippen molar-refractivity contribution in [1.29, 1.82) is 0 Å². The Morgan fingerprint density at radius 1 is 1.35 bits per heavy atom. The van der Waals surface area contributed by atoms with Crippen LogP contribution in [0.15, 0.2) is 12.2 Å². The fraction of sp³-hybridized carbons (Fsp3) is 0.364. The minimum atomic E-state index is -1.38. The van der Waals surface area contributed by atoms with Crippen LogP contribution >= 0.6 is 0 Å². The van der Waals surface area contributed by atoms with Crippen molar-refractivity contribution in [3.05, 3.63) is 12.2 Å². The van der Waals surface area contributed by atoms with Crippen LogP contribution in [0.3, 0.4) is 0 Å². The number of hydrogen-bond donors (Lipinski definition) is 2. The van der Waals surface area contributed by atoms with Gasteiger partial charge in [0.1, 0.15) is 6.10 Å². The second kappa shape index (κ2) is 6.57. The molecule has 2 aliphatic rings. The van der Waals surface area contributed by atoms with E-state index in [1.165, 1.54) is 19.1 Å². The van der Waals surface area contributed by atoms with Crippen LogP contribution in [0, 0.1) is 0 Å². The summed E-state index contributed by atoms with van der Waals surface area (Å²) in [6.07, 6.45) is 0.755. The lowest BCUT2D eigenvalue weighted by atomic mass is 10.3. The van der Waals surface area contributed by atoms with Gasteiger partial charge in [-0.25, -0.2) is 4.79 Å². The van der Waals surface area contributed by atoms with Crippen LogP contribution in [-0.2, 0) is 28.8 Å². The predicted octanol–water partition coefficient (Wildman–Crippen LogP) is -1.83. The molecule has 0 aliphatic carbocycles. The summed E-state index contributed by atoms with van der Waals surface area (Å²) >= 11 is 0. The third-order valence-corrected chi connectivity index (χ3v) is 2.19. The minimum absolute atomic E-state index is 0.0627. The smallest absolute Gasteiger partial charge is 0.332 e. The molecule has 20 heavy (non-hydrogen) atoms. The van der Waals surface area contributed by atoms with E-state index in [0.717, 1.165) is 0 Å². The summed E-state index contributed by atoms with van der Waals surface area (Å²) in [6, 6.07) is 0. The first-order chi connectivity index (χ1) is 9.35. The third-order valence-electron chi connectivity index (χ3n) is 2.19. The van der Waals surface area contributed by atoms with E-state index in [2.05, 4.69) is 4.84 Å². The van der Waals surface area contributed by atoms with Gasteiger partial charge in [0.2, 0.25) is 0 Å². The van der Waals surface area contributed by atoms with Gasteiger partial charge in [-0.15, -0.1) is 0 Å². The Balaban J connectivity index is 0.000000240. The summed E-state index contributed by atoms with van der Waals surface area (Å²) < 4.78 is 0. The van der Waals surface area contributed by atoms with E-state index in [9.17, 15) is 24.0 Å². The Morgan fingerprint density at radius 2 is 1.90 bits per heavy atom. The number of carbonyl (C=O) groups is 5. The van der Waals surface area contributed by atoms with Gasteiger partial charge >= 0.3 is 5.97 Å². The summed E-state index contributed by atoms with van der Waals surface area (Å²) in [5.74, 6) is -2.92. The average molecular weight is 284 g/mol. The quantitative estimate of drug-likeness (QED) is 0.570. The van der Waals surface area contributed by atoms with Crippen molar-refractivity contribution in [1.82, 2.24) is 10.4 Å². The number of aliphatic hydroxyl groups is 1. The van der Waals surface area contributed by atoms with Crippen LogP contribution in [0.4, 0.5) is 0 Å². The highest BCUT2D eigenvalue weighted by atomic mass is 16.7. The maximum Gasteiger partial charge on any atom is 0.332 e. The molecule has 2 aliphatic heterocycles. The summed E-state index contributed by atoms with van der Waals surface area (Å²) in [5.41, 5.74) is 0. The molecule has 1 atom stereocenters. The highest BCUT2D eigenvalue weighted by Crippen LogP contribution is 2.13. The lowest BCUT2D eigenvalue weighted by Gasteiger charge is -2.11. The molecule has 4 amide bonds. The van der Waals surface area contributed by atoms with Crippen LogP contribution in [0.25, 0.3) is 0 Å². The molecule has 2 heterocycles. The number of hydrogen-bond acceptors (Lipinski definition) is 7. The molecule has 2 N–H and O–H groups in total. The van der Waals surface area contributed by atoms with Crippen molar-refractivity contribution in [2.75, 3.05) is 0 Å². The second-order valence-corrected chi connectivity index (χ2v) is 3.75. The molecular formula is C11H12N2O7. The van der Waals surface area contributed by atoms with Gasteiger partial charge in [0.05, 0.1) is 6.42 Å². The first-order valence-electron chi connectivity index (χ1n) is 5.63. The molecule has 1 unspecified atom stereocenters. The maximum atomic E-state index is 10.9. The summed E-state index contributed by atoms with van der Waals surface area (Å²) in [5, 5.41) is 11.3. The zero-order chi connectivity index (χ0) is 15.3. The number of nitrogens with one attached hydrogen (secondary N) is 1. The van der Waals surface area contributed by atoms with Gasteiger partial charge in [-0.05, 0) is 0 Å². The lowest BCUT2D eigenvalue weighted by Crippen LogP contribution is -2.34. The highest BCUT2D eigenvalue weighted by Gasteiger charge is 2.40. The van der Waals surface area contributed by atoms with Crippen LogP contribution in [0.1, 0.15) is 19.8 Å². The van der Waals surface area contributed by atoms with Crippen molar-refractivity contribution in [2.45, 2.75) is 25.9 Å². The Labute approximate surface area is 113 Å². The molecule has 1 fully saturated rings. The Kier molecular flexibility index (Phi) is 5.09. The summed E-state index contributed by atoms with van der Waals surface area (Å²) in [4.78, 5) is 57.0. The maximum absolute atomic E-state index is 10.9. The topological polar surface area (TPSA) is 130 Å². The minimum Gasteiger partial charge on any atom is -0.383 e. The predicted molar refractivity (Wildman–Crippen MR) is 61.1 cm³/mol. The number of nitrogens with zero attached hydrogens (tertiary/aromatic N) is 1. The second-order valence-electron chi connectivity index (χ2n) is 3.75.